The first kappa shape index (κ1) is 14.8. The third kappa shape index (κ3) is 3.54. The molecule has 5 nitrogen and oxygen atoms in total. The average Bonchev–Trinajstić information content (AvgIpc) is 2.56. The summed E-state index contributed by atoms with van der Waals surface area (Å²) in [5, 5.41) is 0. The quantitative estimate of drug-likeness (QED) is 0.866. The Hall–Kier alpha value is -2.14. The highest BCUT2D eigenvalue weighted by Crippen LogP contribution is 2.20. The number of rotatable bonds is 4. The molecule has 1 aliphatic heterocycles. The van der Waals surface area contributed by atoms with Crippen molar-refractivity contribution in [2.24, 2.45) is 0 Å². The Bertz CT molecular complexity index is 611. The van der Waals surface area contributed by atoms with E-state index in [0.29, 0.717) is 0 Å². The van der Waals surface area contributed by atoms with Gasteiger partial charge in [0.2, 0.25) is 0 Å². The van der Waals surface area contributed by atoms with Crippen LogP contribution in [0.15, 0.2) is 36.4 Å². The van der Waals surface area contributed by atoms with Crippen LogP contribution in [0.2, 0.25) is 0 Å². The van der Waals surface area contributed by atoms with Crippen LogP contribution < -0.4 is 9.80 Å². The molecule has 0 bridgehead atoms. The fourth-order valence-corrected chi connectivity index (χ4v) is 2.62. The smallest absolute Gasteiger partial charge is 0.134 e. The van der Waals surface area contributed by atoms with E-state index in [9.17, 15) is 0 Å². The highest BCUT2D eigenvalue weighted by molar-refractivity contribution is 5.51. The van der Waals surface area contributed by atoms with Gasteiger partial charge in [-0.25, -0.2) is 9.97 Å². The monoisotopic (exact) mass is 298 g/mol. The zero-order chi connectivity index (χ0) is 15.4. The molecule has 0 spiro atoms. The summed E-state index contributed by atoms with van der Waals surface area (Å²) in [5.74, 6) is 2.75. The van der Waals surface area contributed by atoms with Gasteiger partial charge in [-0.1, -0.05) is 30.3 Å². The number of aryl methyl sites for hydroxylation is 1. The molecule has 1 aromatic carbocycles. The predicted octanol–water partition coefficient (Wildman–Crippen LogP) is 2.26. The minimum atomic E-state index is 0.762. The maximum Gasteiger partial charge on any atom is 0.134 e. The van der Waals surface area contributed by atoms with Gasteiger partial charge < -0.3 is 14.5 Å². The van der Waals surface area contributed by atoms with E-state index in [2.05, 4.69) is 57.1 Å². The van der Waals surface area contributed by atoms with Crippen LogP contribution in [-0.2, 0) is 11.3 Å². The molecular weight excluding hydrogens is 276 g/mol. The molecule has 1 fully saturated rings. The van der Waals surface area contributed by atoms with Gasteiger partial charge in [0.05, 0.1) is 13.2 Å². The van der Waals surface area contributed by atoms with Crippen molar-refractivity contribution in [1.29, 1.82) is 0 Å². The van der Waals surface area contributed by atoms with E-state index in [4.69, 9.17) is 4.74 Å². The second-order valence-corrected chi connectivity index (χ2v) is 5.57. The second kappa shape index (κ2) is 6.75. The molecule has 22 heavy (non-hydrogen) atoms. The number of benzene rings is 1. The van der Waals surface area contributed by atoms with Crippen molar-refractivity contribution in [1.82, 2.24) is 9.97 Å². The number of hydrogen-bond donors (Lipinski definition) is 0. The van der Waals surface area contributed by atoms with Gasteiger partial charge in [-0.2, -0.15) is 0 Å². The number of anilines is 2. The molecule has 5 heteroatoms. The van der Waals surface area contributed by atoms with Crippen LogP contribution in [-0.4, -0.2) is 43.3 Å². The highest BCUT2D eigenvalue weighted by atomic mass is 16.5. The standard InChI is InChI=1S/C17H22N4O/c1-14-18-16(20(2)13-15-6-4-3-5-7-15)12-17(19-14)21-8-10-22-11-9-21/h3-7,12H,8-11,13H2,1-2H3. The molecule has 1 aliphatic rings. The maximum absolute atomic E-state index is 5.41. The lowest BCUT2D eigenvalue weighted by Crippen LogP contribution is -2.37. The normalized spacial score (nSPS) is 14.9. The van der Waals surface area contributed by atoms with Crippen LogP contribution >= 0.6 is 0 Å². The van der Waals surface area contributed by atoms with Crippen molar-refractivity contribution >= 4 is 11.6 Å². The SMILES string of the molecule is Cc1nc(N(C)Cc2ccccc2)cc(N2CCOCC2)n1. The van der Waals surface area contributed by atoms with Crippen LogP contribution in [0.1, 0.15) is 11.4 Å². The molecule has 0 atom stereocenters. The largest absolute Gasteiger partial charge is 0.378 e. The van der Waals surface area contributed by atoms with E-state index in [1.165, 1.54) is 5.56 Å². The van der Waals surface area contributed by atoms with Crippen molar-refractivity contribution < 1.29 is 4.74 Å². The number of nitrogens with zero attached hydrogens (tertiary/aromatic N) is 4. The van der Waals surface area contributed by atoms with Crippen LogP contribution in [0, 0.1) is 6.92 Å². The van der Waals surface area contributed by atoms with E-state index in [1.807, 2.05) is 13.0 Å². The van der Waals surface area contributed by atoms with Gasteiger partial charge in [-0.15, -0.1) is 0 Å². The third-order valence-electron chi connectivity index (χ3n) is 3.80. The summed E-state index contributed by atoms with van der Waals surface area (Å²) < 4.78 is 5.41. The Kier molecular flexibility index (Phi) is 4.53. The number of ether oxygens (including phenoxy) is 1. The fourth-order valence-electron chi connectivity index (χ4n) is 2.62. The lowest BCUT2D eigenvalue weighted by molar-refractivity contribution is 0.122. The Morgan fingerprint density at radius 3 is 2.59 bits per heavy atom. The van der Waals surface area contributed by atoms with E-state index < -0.39 is 0 Å². The van der Waals surface area contributed by atoms with Crippen LogP contribution in [0.4, 0.5) is 11.6 Å². The Morgan fingerprint density at radius 1 is 1.14 bits per heavy atom. The number of aromatic nitrogens is 2. The Morgan fingerprint density at radius 2 is 1.86 bits per heavy atom. The van der Waals surface area contributed by atoms with Gasteiger partial charge in [-0.05, 0) is 12.5 Å². The van der Waals surface area contributed by atoms with Crippen LogP contribution in [0.3, 0.4) is 0 Å². The lowest BCUT2D eigenvalue weighted by atomic mass is 10.2. The molecule has 2 aromatic rings. The van der Waals surface area contributed by atoms with Crippen molar-refractivity contribution in [2.75, 3.05) is 43.2 Å². The number of morpholine rings is 1. The Labute approximate surface area is 131 Å². The zero-order valence-corrected chi connectivity index (χ0v) is 13.2. The molecular formula is C17H22N4O. The van der Waals surface area contributed by atoms with Gasteiger partial charge in [0, 0.05) is 32.7 Å². The molecule has 3 rings (SSSR count). The first-order valence-corrected chi connectivity index (χ1v) is 7.66. The summed E-state index contributed by atoms with van der Waals surface area (Å²) in [5.41, 5.74) is 1.27. The highest BCUT2D eigenvalue weighted by Gasteiger charge is 2.15. The Balaban J connectivity index is 1.79. The van der Waals surface area contributed by atoms with Gasteiger partial charge in [-0.3, -0.25) is 0 Å². The molecule has 1 saturated heterocycles. The van der Waals surface area contributed by atoms with Crippen molar-refractivity contribution in [3.63, 3.8) is 0 Å². The topological polar surface area (TPSA) is 41.5 Å². The molecule has 0 unspecified atom stereocenters. The number of hydrogen-bond acceptors (Lipinski definition) is 5. The second-order valence-electron chi connectivity index (χ2n) is 5.57. The van der Waals surface area contributed by atoms with E-state index in [1.54, 1.807) is 0 Å². The minimum absolute atomic E-state index is 0.762. The van der Waals surface area contributed by atoms with Crippen LogP contribution in [0.25, 0.3) is 0 Å². The van der Waals surface area contributed by atoms with Crippen molar-refractivity contribution in [2.45, 2.75) is 13.5 Å². The van der Waals surface area contributed by atoms with Crippen molar-refractivity contribution in [3.05, 3.63) is 47.8 Å². The summed E-state index contributed by atoms with van der Waals surface area (Å²) in [6.07, 6.45) is 0. The minimum Gasteiger partial charge on any atom is -0.378 e. The summed E-state index contributed by atoms with van der Waals surface area (Å²) in [7, 11) is 2.07. The molecule has 0 amide bonds. The molecule has 0 N–H and O–H groups in total. The molecule has 0 radical (unpaired) electrons. The molecule has 116 valence electrons. The van der Waals surface area contributed by atoms with Gasteiger partial charge in [0.15, 0.2) is 0 Å². The predicted molar refractivity (Wildman–Crippen MR) is 88.4 cm³/mol. The summed E-state index contributed by atoms with van der Waals surface area (Å²) in [4.78, 5) is 13.6. The lowest BCUT2D eigenvalue weighted by Gasteiger charge is -2.29. The van der Waals surface area contributed by atoms with Crippen molar-refractivity contribution in [3.8, 4) is 0 Å². The molecule has 0 saturated carbocycles. The van der Waals surface area contributed by atoms with E-state index in [-0.39, 0.29) is 0 Å². The zero-order valence-electron chi connectivity index (χ0n) is 13.2. The maximum atomic E-state index is 5.41. The van der Waals surface area contributed by atoms with Crippen LogP contribution in [0.5, 0.6) is 0 Å². The van der Waals surface area contributed by atoms with E-state index >= 15 is 0 Å². The third-order valence-corrected chi connectivity index (χ3v) is 3.80. The average molecular weight is 298 g/mol. The molecule has 2 heterocycles. The van der Waals surface area contributed by atoms with Gasteiger partial charge in [0.1, 0.15) is 17.5 Å². The summed E-state index contributed by atoms with van der Waals surface area (Å²) >= 11 is 0. The summed E-state index contributed by atoms with van der Waals surface area (Å²) in [6, 6.07) is 12.5. The first-order chi connectivity index (χ1) is 10.7. The first-order valence-electron chi connectivity index (χ1n) is 7.66. The van der Waals surface area contributed by atoms with E-state index in [0.717, 1.165) is 50.3 Å². The van der Waals surface area contributed by atoms with Gasteiger partial charge in [0.25, 0.3) is 0 Å². The molecule has 0 aliphatic carbocycles. The summed E-state index contributed by atoms with van der Waals surface area (Å²) in [6.45, 7) is 6.08. The molecule has 1 aromatic heterocycles. The van der Waals surface area contributed by atoms with Gasteiger partial charge >= 0.3 is 0 Å². The fraction of sp³-hybridized carbons (Fsp3) is 0.412.